The molecule has 3 atom stereocenters. The lowest BCUT2D eigenvalue weighted by Crippen LogP contribution is -2.44. The average Bonchev–Trinajstić information content (AvgIpc) is 2.27. The summed E-state index contributed by atoms with van der Waals surface area (Å²) in [7, 11) is 0. The Morgan fingerprint density at radius 2 is 1.82 bits per heavy atom. The second-order valence-corrected chi connectivity index (χ2v) is 3.90. The Labute approximate surface area is 100 Å². The molecule has 0 heterocycles. The number of carbonyl (C=O) groups is 2. The van der Waals surface area contributed by atoms with E-state index < -0.39 is 30.1 Å². The van der Waals surface area contributed by atoms with Gasteiger partial charge < -0.3 is 27.0 Å². The third-order valence-electron chi connectivity index (χ3n) is 2.27. The van der Waals surface area contributed by atoms with Gasteiger partial charge in [-0.1, -0.05) is 6.42 Å². The van der Waals surface area contributed by atoms with Crippen LogP contribution in [0.5, 0.6) is 0 Å². The molecule has 7 N–H and O–H groups in total. The van der Waals surface area contributed by atoms with Gasteiger partial charge in [0.1, 0.15) is 12.1 Å². The molecule has 0 aromatic carbocycles. The lowest BCUT2D eigenvalue weighted by Gasteiger charge is -2.14. The maximum atomic E-state index is 11.3. The highest BCUT2D eigenvalue weighted by molar-refractivity contribution is 5.90. The minimum atomic E-state index is -1.24. The molecule has 0 aliphatic carbocycles. The van der Waals surface area contributed by atoms with E-state index >= 15 is 0 Å². The molecule has 100 valence electrons. The standard InChI is InChI=1S/C10H21N3O4/c1-6(14)8(13)10(16)17-9(15)7(12)4-2-3-5-11/h6-8,14H,2-5,11-13H2,1H3/t6-,7+,8+/m1/s1. The maximum Gasteiger partial charge on any atom is 0.333 e. The first-order chi connectivity index (χ1) is 7.90. The van der Waals surface area contributed by atoms with Crippen molar-refractivity contribution in [3.63, 3.8) is 0 Å². The molecule has 0 aromatic rings. The van der Waals surface area contributed by atoms with Crippen LogP contribution in [0.1, 0.15) is 26.2 Å². The van der Waals surface area contributed by atoms with E-state index in [-0.39, 0.29) is 0 Å². The molecule has 0 rings (SSSR count). The summed E-state index contributed by atoms with van der Waals surface area (Å²) in [4.78, 5) is 22.6. The molecule has 0 amide bonds. The van der Waals surface area contributed by atoms with Crippen molar-refractivity contribution in [1.82, 2.24) is 0 Å². The SMILES string of the molecule is C[C@@H](O)[C@H](N)C(=O)OC(=O)[C@@H](N)CCCCN. The van der Waals surface area contributed by atoms with Crippen molar-refractivity contribution < 1.29 is 19.4 Å². The summed E-state index contributed by atoms with van der Waals surface area (Å²) in [6, 6.07) is -2.11. The Balaban J connectivity index is 4.03. The van der Waals surface area contributed by atoms with Crippen molar-refractivity contribution in [2.75, 3.05) is 6.54 Å². The van der Waals surface area contributed by atoms with Crippen LogP contribution in [-0.2, 0) is 14.3 Å². The summed E-state index contributed by atoms with van der Waals surface area (Å²) in [5.74, 6) is -1.80. The summed E-state index contributed by atoms with van der Waals surface area (Å²) in [6.45, 7) is 1.85. The van der Waals surface area contributed by atoms with Gasteiger partial charge in [0.2, 0.25) is 0 Å². The van der Waals surface area contributed by atoms with Crippen LogP contribution in [0.25, 0.3) is 0 Å². The van der Waals surface area contributed by atoms with Crippen molar-refractivity contribution >= 4 is 11.9 Å². The predicted octanol–water partition coefficient (Wildman–Crippen LogP) is -1.78. The van der Waals surface area contributed by atoms with Gasteiger partial charge in [0.15, 0.2) is 0 Å². The number of hydrogen-bond acceptors (Lipinski definition) is 7. The molecule has 0 spiro atoms. The Morgan fingerprint density at radius 3 is 2.29 bits per heavy atom. The largest absolute Gasteiger partial charge is 0.391 e. The van der Waals surface area contributed by atoms with Crippen molar-refractivity contribution in [2.24, 2.45) is 17.2 Å². The first kappa shape index (κ1) is 16.0. The molecule has 0 fully saturated rings. The fraction of sp³-hybridized carbons (Fsp3) is 0.800. The highest BCUT2D eigenvalue weighted by Crippen LogP contribution is 2.01. The van der Waals surface area contributed by atoms with Gasteiger partial charge in [0, 0.05) is 0 Å². The Hall–Kier alpha value is -1.02. The second kappa shape index (κ2) is 8.13. The maximum absolute atomic E-state index is 11.3. The van der Waals surface area contributed by atoms with Gasteiger partial charge in [-0.3, -0.25) is 0 Å². The highest BCUT2D eigenvalue weighted by Gasteiger charge is 2.25. The first-order valence-electron chi connectivity index (χ1n) is 5.55. The summed E-state index contributed by atoms with van der Waals surface area (Å²) >= 11 is 0. The van der Waals surface area contributed by atoms with Crippen molar-refractivity contribution in [3.05, 3.63) is 0 Å². The Morgan fingerprint density at radius 1 is 1.24 bits per heavy atom. The number of nitrogens with two attached hydrogens (primary N) is 3. The topological polar surface area (TPSA) is 142 Å². The smallest absolute Gasteiger partial charge is 0.333 e. The number of rotatable bonds is 7. The lowest BCUT2D eigenvalue weighted by molar-refractivity contribution is -0.163. The zero-order valence-corrected chi connectivity index (χ0v) is 9.96. The molecule has 0 saturated heterocycles. The number of carbonyl (C=O) groups excluding carboxylic acids is 2. The zero-order chi connectivity index (χ0) is 13.4. The lowest BCUT2D eigenvalue weighted by atomic mass is 10.1. The number of hydrogen-bond donors (Lipinski definition) is 4. The van der Waals surface area contributed by atoms with Gasteiger partial charge in [-0.25, -0.2) is 9.59 Å². The third-order valence-corrected chi connectivity index (χ3v) is 2.27. The van der Waals surface area contributed by atoms with Crippen LogP contribution in [0, 0.1) is 0 Å². The zero-order valence-electron chi connectivity index (χ0n) is 9.96. The molecule has 0 saturated carbocycles. The molecule has 7 heteroatoms. The molecule has 7 nitrogen and oxygen atoms in total. The summed E-state index contributed by atoms with van der Waals surface area (Å²) in [6.07, 6.45) is 0.752. The number of aliphatic hydroxyl groups is 1. The second-order valence-electron chi connectivity index (χ2n) is 3.90. The quantitative estimate of drug-likeness (QED) is 0.237. The Kier molecular flexibility index (Phi) is 7.64. The van der Waals surface area contributed by atoms with Crippen LogP contribution >= 0.6 is 0 Å². The van der Waals surface area contributed by atoms with Gasteiger partial charge in [-0.2, -0.15) is 0 Å². The Bertz CT molecular complexity index is 258. The molecule has 0 unspecified atom stereocenters. The van der Waals surface area contributed by atoms with E-state index in [1.54, 1.807) is 0 Å². The van der Waals surface area contributed by atoms with E-state index in [4.69, 9.17) is 22.3 Å². The minimum Gasteiger partial charge on any atom is -0.391 e. The predicted molar refractivity (Wildman–Crippen MR) is 61.6 cm³/mol. The van der Waals surface area contributed by atoms with Crippen molar-refractivity contribution in [3.8, 4) is 0 Å². The normalized spacial score (nSPS) is 16.1. The van der Waals surface area contributed by atoms with Gasteiger partial charge in [-0.15, -0.1) is 0 Å². The fourth-order valence-electron chi connectivity index (χ4n) is 1.07. The van der Waals surface area contributed by atoms with Crippen LogP contribution in [0.4, 0.5) is 0 Å². The number of ether oxygens (including phenoxy) is 1. The molecule has 0 aromatic heterocycles. The van der Waals surface area contributed by atoms with Crippen LogP contribution in [0.2, 0.25) is 0 Å². The summed E-state index contributed by atoms with van der Waals surface area (Å²) < 4.78 is 4.45. The van der Waals surface area contributed by atoms with Crippen molar-refractivity contribution in [2.45, 2.75) is 44.4 Å². The average molecular weight is 247 g/mol. The van der Waals surface area contributed by atoms with Crippen LogP contribution < -0.4 is 17.2 Å². The van der Waals surface area contributed by atoms with E-state index in [0.29, 0.717) is 19.4 Å². The molecule has 0 aliphatic heterocycles. The van der Waals surface area contributed by atoms with Crippen molar-refractivity contribution in [1.29, 1.82) is 0 Å². The van der Waals surface area contributed by atoms with Crippen LogP contribution in [0.15, 0.2) is 0 Å². The van der Waals surface area contributed by atoms with Gasteiger partial charge in [0.05, 0.1) is 6.10 Å². The number of aliphatic hydroxyl groups excluding tert-OH is 1. The van der Waals surface area contributed by atoms with Crippen LogP contribution in [0.3, 0.4) is 0 Å². The molecular formula is C10H21N3O4. The van der Waals surface area contributed by atoms with Gasteiger partial charge in [-0.05, 0) is 26.3 Å². The number of esters is 2. The number of unbranched alkanes of at least 4 members (excludes halogenated alkanes) is 1. The highest BCUT2D eigenvalue weighted by atomic mass is 16.6. The van der Waals surface area contributed by atoms with Gasteiger partial charge >= 0.3 is 11.9 Å². The molecular weight excluding hydrogens is 226 g/mol. The summed E-state index contributed by atoms with van der Waals surface area (Å²) in [5, 5.41) is 9.03. The molecule has 0 bridgehead atoms. The molecule has 17 heavy (non-hydrogen) atoms. The van der Waals surface area contributed by atoms with E-state index in [0.717, 1.165) is 6.42 Å². The molecule has 0 radical (unpaired) electrons. The van der Waals surface area contributed by atoms with E-state index in [1.165, 1.54) is 6.92 Å². The van der Waals surface area contributed by atoms with Crippen LogP contribution in [-0.4, -0.2) is 41.8 Å². The summed E-state index contributed by atoms with van der Waals surface area (Å²) in [5.41, 5.74) is 16.1. The monoisotopic (exact) mass is 247 g/mol. The van der Waals surface area contributed by atoms with E-state index in [9.17, 15) is 9.59 Å². The van der Waals surface area contributed by atoms with E-state index in [2.05, 4.69) is 4.74 Å². The van der Waals surface area contributed by atoms with Gasteiger partial charge in [0.25, 0.3) is 0 Å². The first-order valence-corrected chi connectivity index (χ1v) is 5.55. The van der Waals surface area contributed by atoms with E-state index in [1.807, 2.05) is 0 Å². The molecule has 0 aliphatic rings. The minimum absolute atomic E-state index is 0.396. The third kappa shape index (κ3) is 6.32. The fourth-order valence-corrected chi connectivity index (χ4v) is 1.07.